The van der Waals surface area contributed by atoms with Crippen molar-refractivity contribution < 1.29 is 22.0 Å². The fourth-order valence-corrected chi connectivity index (χ4v) is 2.81. The lowest BCUT2D eigenvalue weighted by Gasteiger charge is -2.15. The molecule has 0 fully saturated rings. The van der Waals surface area contributed by atoms with Gasteiger partial charge in [0.05, 0.1) is 10.9 Å². The van der Waals surface area contributed by atoms with Crippen molar-refractivity contribution in [2.24, 2.45) is 5.14 Å². The zero-order valence-electron chi connectivity index (χ0n) is 13.5. The van der Waals surface area contributed by atoms with E-state index in [1.54, 1.807) is 19.1 Å². The second kappa shape index (κ2) is 7.71. The molecule has 2 rings (SSSR count). The molecule has 0 bridgehead atoms. The van der Waals surface area contributed by atoms with Crippen LogP contribution in [0.3, 0.4) is 0 Å². The van der Waals surface area contributed by atoms with Crippen LogP contribution in [-0.2, 0) is 21.2 Å². The maximum atomic E-state index is 13.1. The second-order valence-corrected chi connectivity index (χ2v) is 7.21. The van der Waals surface area contributed by atoms with Gasteiger partial charge in [-0.1, -0.05) is 18.2 Å². The molecular weight excluding hydrogens is 350 g/mol. The number of primary sulfonamides is 1. The van der Waals surface area contributed by atoms with Gasteiger partial charge in [-0.05, 0) is 48.7 Å². The Morgan fingerprint density at radius 2 is 1.76 bits per heavy atom. The Hall–Kier alpha value is -2.32. The number of hydrogen-bond acceptors (Lipinski definition) is 3. The van der Waals surface area contributed by atoms with Gasteiger partial charge in [-0.25, -0.2) is 22.3 Å². The molecule has 8 heteroatoms. The summed E-state index contributed by atoms with van der Waals surface area (Å²) in [7, 11) is -3.76. The summed E-state index contributed by atoms with van der Waals surface area (Å²) in [6.07, 6.45) is 0.394. The molecule has 25 heavy (non-hydrogen) atoms. The maximum absolute atomic E-state index is 13.1. The van der Waals surface area contributed by atoms with Gasteiger partial charge in [0.2, 0.25) is 15.9 Å². The largest absolute Gasteiger partial charge is 0.350 e. The minimum absolute atomic E-state index is 0.00638. The third-order valence-electron chi connectivity index (χ3n) is 3.71. The third kappa shape index (κ3) is 5.33. The van der Waals surface area contributed by atoms with Crippen molar-refractivity contribution in [1.29, 1.82) is 0 Å². The number of carbonyl (C=O) groups is 1. The van der Waals surface area contributed by atoms with Crippen molar-refractivity contribution in [3.63, 3.8) is 0 Å². The highest BCUT2D eigenvalue weighted by molar-refractivity contribution is 7.89. The first-order valence-corrected chi connectivity index (χ1v) is 9.07. The average molecular weight is 368 g/mol. The predicted octanol–water partition coefficient (Wildman–Crippen LogP) is 2.42. The minimum atomic E-state index is -3.76. The molecule has 2 aromatic rings. The predicted molar refractivity (Wildman–Crippen MR) is 89.1 cm³/mol. The lowest BCUT2D eigenvalue weighted by atomic mass is 10.1. The molecule has 0 spiro atoms. The summed E-state index contributed by atoms with van der Waals surface area (Å²) < 4.78 is 48.4. The summed E-state index contributed by atoms with van der Waals surface area (Å²) in [6.45, 7) is 1.75. The Bertz CT molecular complexity index is 868. The van der Waals surface area contributed by atoms with Gasteiger partial charge in [0, 0.05) is 6.42 Å². The molecule has 0 saturated heterocycles. The highest BCUT2D eigenvalue weighted by Crippen LogP contribution is 2.16. The van der Waals surface area contributed by atoms with Crippen LogP contribution >= 0.6 is 0 Å². The number of aryl methyl sites for hydroxylation is 1. The zero-order valence-corrected chi connectivity index (χ0v) is 14.3. The Kier molecular flexibility index (Phi) is 5.86. The van der Waals surface area contributed by atoms with Gasteiger partial charge < -0.3 is 5.32 Å². The van der Waals surface area contributed by atoms with Crippen LogP contribution in [0.5, 0.6) is 0 Å². The molecule has 3 N–H and O–H groups in total. The summed E-state index contributed by atoms with van der Waals surface area (Å²) in [6, 6.07) is 9.06. The molecule has 1 amide bonds. The van der Waals surface area contributed by atoms with Crippen molar-refractivity contribution in [2.75, 3.05) is 0 Å². The van der Waals surface area contributed by atoms with Crippen molar-refractivity contribution in [3.8, 4) is 0 Å². The number of nitrogens with two attached hydrogens (primary N) is 1. The van der Waals surface area contributed by atoms with E-state index < -0.39 is 21.7 Å². The van der Waals surface area contributed by atoms with E-state index in [2.05, 4.69) is 5.32 Å². The summed E-state index contributed by atoms with van der Waals surface area (Å²) >= 11 is 0. The first kappa shape index (κ1) is 19.0. The monoisotopic (exact) mass is 368 g/mol. The van der Waals surface area contributed by atoms with Gasteiger partial charge in [0.1, 0.15) is 0 Å². The van der Waals surface area contributed by atoms with Crippen molar-refractivity contribution >= 4 is 15.9 Å². The van der Waals surface area contributed by atoms with Crippen LogP contribution in [-0.4, -0.2) is 14.3 Å². The lowest BCUT2D eigenvalue weighted by molar-refractivity contribution is -0.121. The maximum Gasteiger partial charge on any atom is 0.238 e. The van der Waals surface area contributed by atoms with Gasteiger partial charge >= 0.3 is 0 Å². The number of benzene rings is 2. The van der Waals surface area contributed by atoms with Crippen LogP contribution in [0, 0.1) is 11.6 Å². The Morgan fingerprint density at radius 1 is 1.12 bits per heavy atom. The molecule has 0 aromatic heterocycles. The topological polar surface area (TPSA) is 89.3 Å². The van der Waals surface area contributed by atoms with Gasteiger partial charge in [-0.15, -0.1) is 0 Å². The van der Waals surface area contributed by atoms with Crippen molar-refractivity contribution in [2.45, 2.75) is 30.7 Å². The molecule has 1 unspecified atom stereocenters. The molecule has 0 saturated carbocycles. The highest BCUT2D eigenvalue weighted by atomic mass is 32.2. The fourth-order valence-electron chi connectivity index (χ4n) is 2.30. The number of amides is 1. The molecule has 0 aliphatic carbocycles. The van der Waals surface area contributed by atoms with E-state index in [9.17, 15) is 22.0 Å². The molecule has 0 radical (unpaired) electrons. The van der Waals surface area contributed by atoms with E-state index >= 15 is 0 Å². The molecule has 2 aromatic carbocycles. The average Bonchev–Trinajstić information content (AvgIpc) is 2.55. The number of carbonyl (C=O) groups excluding carboxylic acids is 1. The van der Waals surface area contributed by atoms with E-state index in [0.717, 1.165) is 12.1 Å². The number of halogens is 2. The molecule has 134 valence electrons. The van der Waals surface area contributed by atoms with Gasteiger partial charge in [0.15, 0.2) is 11.6 Å². The molecule has 0 aliphatic heterocycles. The van der Waals surface area contributed by atoms with Gasteiger partial charge in [-0.3, -0.25) is 4.79 Å². The van der Waals surface area contributed by atoms with Crippen molar-refractivity contribution in [1.82, 2.24) is 5.32 Å². The normalized spacial score (nSPS) is 12.6. The molecule has 0 heterocycles. The first-order valence-electron chi connectivity index (χ1n) is 7.53. The van der Waals surface area contributed by atoms with Gasteiger partial charge in [0.25, 0.3) is 0 Å². The fraction of sp³-hybridized carbons (Fsp3) is 0.235. The van der Waals surface area contributed by atoms with Crippen LogP contribution in [0.25, 0.3) is 0 Å². The Balaban J connectivity index is 1.92. The summed E-state index contributed by atoms with van der Waals surface area (Å²) in [5.41, 5.74) is 1.24. The van der Waals surface area contributed by atoms with Crippen LogP contribution in [0.2, 0.25) is 0 Å². The summed E-state index contributed by atoms with van der Waals surface area (Å²) in [5, 5.41) is 7.79. The Morgan fingerprint density at radius 3 is 2.32 bits per heavy atom. The summed E-state index contributed by atoms with van der Waals surface area (Å²) in [5.74, 6) is -2.13. The van der Waals surface area contributed by atoms with E-state index in [-0.39, 0.29) is 29.7 Å². The number of hydrogen-bond donors (Lipinski definition) is 2. The Labute approximate surface area is 144 Å². The molecule has 5 nitrogen and oxygen atoms in total. The van der Waals surface area contributed by atoms with E-state index in [0.29, 0.717) is 11.1 Å². The van der Waals surface area contributed by atoms with Crippen LogP contribution < -0.4 is 10.5 Å². The lowest BCUT2D eigenvalue weighted by Crippen LogP contribution is -2.26. The molecular formula is C17H18F2N2O3S. The quantitative estimate of drug-likeness (QED) is 0.821. The van der Waals surface area contributed by atoms with E-state index in [1.165, 1.54) is 18.2 Å². The number of rotatable bonds is 6. The smallest absolute Gasteiger partial charge is 0.238 e. The van der Waals surface area contributed by atoms with Crippen LogP contribution in [0.4, 0.5) is 8.78 Å². The first-order chi connectivity index (χ1) is 11.7. The highest BCUT2D eigenvalue weighted by Gasteiger charge is 2.12. The SMILES string of the molecule is CC(NC(=O)CCc1ccc(F)c(F)c1)c1ccc(S(N)(=O)=O)cc1. The van der Waals surface area contributed by atoms with E-state index in [1.807, 2.05) is 0 Å². The number of nitrogens with one attached hydrogen (secondary N) is 1. The van der Waals surface area contributed by atoms with E-state index in [4.69, 9.17) is 5.14 Å². The standard InChI is InChI=1S/C17H18F2N2O3S/c1-11(13-4-6-14(7-5-13)25(20,23)24)21-17(22)9-3-12-2-8-15(18)16(19)10-12/h2,4-8,10-11H,3,9H2,1H3,(H,21,22)(H2,20,23,24). The van der Waals surface area contributed by atoms with Crippen LogP contribution in [0.15, 0.2) is 47.4 Å². The van der Waals surface area contributed by atoms with Crippen LogP contribution in [0.1, 0.15) is 30.5 Å². The number of sulfonamides is 1. The summed E-state index contributed by atoms with van der Waals surface area (Å²) in [4.78, 5) is 12.0. The van der Waals surface area contributed by atoms with Gasteiger partial charge in [-0.2, -0.15) is 0 Å². The molecule has 1 atom stereocenters. The molecule has 0 aliphatic rings. The second-order valence-electron chi connectivity index (χ2n) is 5.65. The van der Waals surface area contributed by atoms with Crippen molar-refractivity contribution in [3.05, 3.63) is 65.2 Å². The minimum Gasteiger partial charge on any atom is -0.350 e. The zero-order chi connectivity index (χ0) is 18.6. The third-order valence-corrected chi connectivity index (χ3v) is 4.64.